The van der Waals surface area contributed by atoms with Crippen LogP contribution in [0.25, 0.3) is 22.3 Å². The maximum absolute atomic E-state index is 12.7. The Balaban J connectivity index is 1.68. The van der Waals surface area contributed by atoms with Crippen LogP contribution in [0.1, 0.15) is 0 Å². The fraction of sp³-hybridized carbons (Fsp3) is 0.348. The minimum absolute atomic E-state index is 0.123. The molecule has 0 unspecified atom stereocenters. The first kappa shape index (κ1) is 23.8. The smallest absolute Gasteiger partial charge is 0.229 e. The maximum Gasteiger partial charge on any atom is 0.229 e. The summed E-state index contributed by atoms with van der Waals surface area (Å²) in [5.41, 5.74) is 0.188. The van der Waals surface area contributed by atoms with Crippen molar-refractivity contribution in [1.82, 2.24) is 0 Å². The van der Waals surface area contributed by atoms with E-state index < -0.39 is 37.3 Å². The first-order chi connectivity index (χ1) is 16.3. The van der Waals surface area contributed by atoms with Crippen LogP contribution in [0.3, 0.4) is 0 Å². The molecule has 1 saturated heterocycles. The number of phenolic OH excluding ortho intramolecular Hbond substituents is 1. The summed E-state index contributed by atoms with van der Waals surface area (Å²) in [6, 6.07) is 8.44. The summed E-state index contributed by atoms with van der Waals surface area (Å²) in [6.07, 6.45) is -7.24. The molecule has 1 fully saturated rings. The quantitative estimate of drug-likeness (QED) is 0.333. The number of benzene rings is 2. The lowest BCUT2D eigenvalue weighted by Crippen LogP contribution is -2.60. The second-order valence-electron chi connectivity index (χ2n) is 7.68. The van der Waals surface area contributed by atoms with Crippen LogP contribution in [0.4, 0.5) is 0 Å². The van der Waals surface area contributed by atoms with Crippen molar-refractivity contribution in [2.45, 2.75) is 30.7 Å². The van der Waals surface area contributed by atoms with Gasteiger partial charge >= 0.3 is 0 Å². The van der Waals surface area contributed by atoms with Crippen LogP contribution in [-0.4, -0.2) is 77.1 Å². The second kappa shape index (κ2) is 9.49. The number of aliphatic hydroxyl groups is 4. The number of aromatic hydroxyl groups is 1. The monoisotopic (exact) mass is 476 g/mol. The van der Waals surface area contributed by atoms with Gasteiger partial charge in [0.2, 0.25) is 6.29 Å². The Bertz CT molecular complexity index is 1240. The zero-order valence-electron chi connectivity index (χ0n) is 18.2. The third kappa shape index (κ3) is 4.27. The van der Waals surface area contributed by atoms with Gasteiger partial charge in [-0.05, 0) is 18.2 Å². The lowest BCUT2D eigenvalue weighted by atomic mass is 9.99. The van der Waals surface area contributed by atoms with Gasteiger partial charge in [-0.25, -0.2) is 0 Å². The Morgan fingerprint density at radius 2 is 1.65 bits per heavy atom. The third-order valence-electron chi connectivity index (χ3n) is 5.54. The molecule has 4 rings (SSSR count). The lowest BCUT2D eigenvalue weighted by Gasteiger charge is -2.39. The van der Waals surface area contributed by atoms with Gasteiger partial charge in [0.1, 0.15) is 52.6 Å². The number of hydrogen-bond acceptors (Lipinski definition) is 11. The van der Waals surface area contributed by atoms with Crippen LogP contribution >= 0.6 is 0 Å². The fourth-order valence-electron chi connectivity index (χ4n) is 3.75. The molecular weight excluding hydrogens is 452 g/mol. The van der Waals surface area contributed by atoms with Crippen molar-refractivity contribution >= 4 is 11.0 Å². The maximum atomic E-state index is 12.7. The Morgan fingerprint density at radius 1 is 0.912 bits per heavy atom. The van der Waals surface area contributed by atoms with Crippen molar-refractivity contribution in [1.29, 1.82) is 0 Å². The van der Waals surface area contributed by atoms with Gasteiger partial charge in [0.05, 0.1) is 20.8 Å². The third-order valence-corrected chi connectivity index (χ3v) is 5.54. The number of rotatable bonds is 6. The summed E-state index contributed by atoms with van der Waals surface area (Å²) >= 11 is 0. The van der Waals surface area contributed by atoms with E-state index >= 15 is 0 Å². The molecule has 0 saturated carbocycles. The molecule has 2 aromatic carbocycles. The molecule has 0 amide bonds. The van der Waals surface area contributed by atoms with Gasteiger partial charge in [-0.15, -0.1) is 0 Å². The van der Waals surface area contributed by atoms with Crippen LogP contribution < -0.4 is 19.6 Å². The highest BCUT2D eigenvalue weighted by Crippen LogP contribution is 2.36. The molecule has 1 aliphatic rings. The molecule has 34 heavy (non-hydrogen) atoms. The summed E-state index contributed by atoms with van der Waals surface area (Å²) in [6.45, 7) is -0.595. The van der Waals surface area contributed by atoms with Crippen molar-refractivity contribution < 1.29 is 48.9 Å². The minimum atomic E-state index is -1.60. The molecule has 3 aromatic rings. The van der Waals surface area contributed by atoms with E-state index in [1.807, 2.05) is 0 Å². The van der Waals surface area contributed by atoms with E-state index in [0.717, 1.165) is 0 Å². The number of fused-ring (bicyclic) bond motifs is 1. The van der Waals surface area contributed by atoms with Gasteiger partial charge in [-0.1, -0.05) is 0 Å². The number of hydrogen-bond donors (Lipinski definition) is 5. The topological polar surface area (TPSA) is 168 Å². The Hall–Kier alpha value is -3.35. The van der Waals surface area contributed by atoms with E-state index in [1.54, 1.807) is 6.07 Å². The molecule has 182 valence electrons. The number of methoxy groups -OCH3 is 2. The van der Waals surface area contributed by atoms with Crippen LogP contribution in [-0.2, 0) is 4.74 Å². The number of phenols is 1. The van der Waals surface area contributed by atoms with Gasteiger partial charge in [-0.3, -0.25) is 4.79 Å². The summed E-state index contributed by atoms with van der Waals surface area (Å²) in [7, 11) is 2.75. The van der Waals surface area contributed by atoms with Crippen molar-refractivity contribution in [3.8, 4) is 34.3 Å². The van der Waals surface area contributed by atoms with Crippen molar-refractivity contribution in [3.05, 3.63) is 46.6 Å². The van der Waals surface area contributed by atoms with Gasteiger partial charge in [-0.2, -0.15) is 0 Å². The Morgan fingerprint density at radius 3 is 2.32 bits per heavy atom. The van der Waals surface area contributed by atoms with Crippen molar-refractivity contribution in [2.24, 2.45) is 0 Å². The second-order valence-corrected chi connectivity index (χ2v) is 7.68. The largest absolute Gasteiger partial charge is 0.508 e. The zero-order valence-corrected chi connectivity index (χ0v) is 18.2. The van der Waals surface area contributed by atoms with Crippen molar-refractivity contribution in [3.63, 3.8) is 0 Å². The molecule has 0 spiro atoms. The summed E-state index contributed by atoms with van der Waals surface area (Å²) in [4.78, 5) is 12.7. The van der Waals surface area contributed by atoms with Gasteiger partial charge in [0.15, 0.2) is 16.9 Å². The normalized spacial score (nSPS) is 24.7. The average molecular weight is 476 g/mol. The van der Waals surface area contributed by atoms with Gasteiger partial charge < -0.3 is 48.9 Å². The minimum Gasteiger partial charge on any atom is -0.508 e. The molecule has 5 N–H and O–H groups in total. The molecule has 1 aliphatic heterocycles. The summed E-state index contributed by atoms with van der Waals surface area (Å²) in [5, 5.41) is 49.5. The molecule has 2 heterocycles. The molecule has 0 bridgehead atoms. The van der Waals surface area contributed by atoms with E-state index in [1.165, 1.54) is 44.6 Å². The Labute approximate surface area is 192 Å². The summed E-state index contributed by atoms with van der Waals surface area (Å²) < 4.78 is 27.4. The van der Waals surface area contributed by atoms with E-state index in [4.69, 9.17) is 23.4 Å². The van der Waals surface area contributed by atoms with Crippen LogP contribution in [0.15, 0.2) is 45.6 Å². The molecule has 0 radical (unpaired) electrons. The predicted octanol–water partition coefficient (Wildman–Crippen LogP) is 0.361. The molecule has 0 aliphatic carbocycles. The Kier molecular flexibility index (Phi) is 6.64. The van der Waals surface area contributed by atoms with Crippen molar-refractivity contribution in [2.75, 3.05) is 20.8 Å². The standard InChI is InChI=1S/C23H24O11/c1-30-15-5-10(14-8-12(26)19-16(31-2)6-11(25)7-17(19)32-14)3-4-13(15)33-23-22(29)21(28)20(27)18(9-24)34-23/h3-8,18,20-25,27-29H,9H2,1-2H3/t18-,20-,21+,22-,23-/m1/s1. The van der Waals surface area contributed by atoms with Crippen LogP contribution in [0, 0.1) is 0 Å². The molecular formula is C23H24O11. The zero-order chi connectivity index (χ0) is 24.6. The highest BCUT2D eigenvalue weighted by Gasteiger charge is 2.45. The van der Waals surface area contributed by atoms with Crippen LogP contribution in [0.2, 0.25) is 0 Å². The lowest BCUT2D eigenvalue weighted by molar-refractivity contribution is -0.277. The van der Waals surface area contributed by atoms with Gasteiger partial charge in [0, 0.05) is 23.8 Å². The highest BCUT2D eigenvalue weighted by atomic mass is 16.7. The first-order valence-electron chi connectivity index (χ1n) is 10.3. The molecule has 5 atom stereocenters. The van der Waals surface area contributed by atoms with E-state index in [-0.39, 0.29) is 45.2 Å². The average Bonchev–Trinajstić information content (AvgIpc) is 2.83. The fourth-order valence-corrected chi connectivity index (χ4v) is 3.75. The van der Waals surface area contributed by atoms with Crippen LogP contribution in [0.5, 0.6) is 23.0 Å². The van der Waals surface area contributed by atoms with E-state index in [0.29, 0.717) is 5.56 Å². The molecule has 11 nitrogen and oxygen atoms in total. The highest BCUT2D eigenvalue weighted by molar-refractivity contribution is 5.86. The number of aliphatic hydroxyl groups excluding tert-OH is 4. The SMILES string of the molecule is COc1cc(-c2cc(=O)c3c(OC)cc(O)cc3o2)ccc1O[C@@H]1O[C@H](CO)[C@@H](O)[C@H](O)[C@H]1O. The first-order valence-corrected chi connectivity index (χ1v) is 10.3. The van der Waals surface area contributed by atoms with Gasteiger partial charge in [0.25, 0.3) is 0 Å². The van der Waals surface area contributed by atoms with E-state index in [2.05, 4.69) is 0 Å². The molecule has 11 heteroatoms. The summed E-state index contributed by atoms with van der Waals surface area (Å²) in [5.74, 6) is 0.535. The molecule has 1 aromatic heterocycles. The number of ether oxygens (including phenoxy) is 4. The van der Waals surface area contributed by atoms with E-state index in [9.17, 15) is 30.3 Å². The predicted molar refractivity (Wildman–Crippen MR) is 117 cm³/mol.